The summed E-state index contributed by atoms with van der Waals surface area (Å²) in [4.78, 5) is 38.7. The maximum absolute atomic E-state index is 11.3. The lowest BCUT2D eigenvalue weighted by Gasteiger charge is -2.12. The van der Waals surface area contributed by atoms with E-state index in [1.54, 1.807) is 0 Å². The molecule has 14 nitrogen and oxygen atoms in total. The summed E-state index contributed by atoms with van der Waals surface area (Å²) in [6, 6.07) is 38.5. The Morgan fingerprint density at radius 1 is 0.480 bits per heavy atom. The first-order chi connectivity index (χ1) is 24.5. The van der Waals surface area contributed by atoms with Crippen LogP contribution in [-0.4, -0.2) is 19.9 Å². The number of hydrogen-bond acceptors (Lipinski definition) is 14. The van der Waals surface area contributed by atoms with Crippen molar-refractivity contribution >= 4 is 34.9 Å². The van der Waals surface area contributed by atoms with Gasteiger partial charge in [-0.15, -0.1) is 9.81 Å². The minimum absolute atomic E-state index is 0.000984. The minimum Gasteiger partial charge on any atom is -0.471 e. The van der Waals surface area contributed by atoms with Gasteiger partial charge < -0.3 is 31.6 Å². The standard InChI is InChI=1S/2C18H17N5O2/c2*19-18-21-16(20-11-13-7-3-1-4-8-13)15(23-24)17(22-18)25-12-14-9-5-2-6-10-14/h2*1-10H,11-12H2,(H3,19,20,21,22). The van der Waals surface area contributed by atoms with Crippen molar-refractivity contribution in [2.24, 2.45) is 10.4 Å². The molecule has 6 N–H and O–H groups in total. The maximum Gasteiger partial charge on any atom is 0.251 e. The number of ether oxygens (including phenoxy) is 2. The van der Waals surface area contributed by atoms with Gasteiger partial charge in [0.15, 0.2) is 11.6 Å². The molecule has 6 aromatic rings. The third kappa shape index (κ3) is 10.0. The topological polar surface area (TPSA) is 205 Å². The highest BCUT2D eigenvalue weighted by molar-refractivity contribution is 5.68. The van der Waals surface area contributed by atoms with E-state index in [1.165, 1.54) is 0 Å². The van der Waals surface area contributed by atoms with E-state index in [0.29, 0.717) is 13.1 Å². The lowest BCUT2D eigenvalue weighted by atomic mass is 10.2. The Morgan fingerprint density at radius 3 is 1.12 bits per heavy atom. The third-order valence-electron chi connectivity index (χ3n) is 6.96. The van der Waals surface area contributed by atoms with Crippen LogP contribution in [0, 0.1) is 9.81 Å². The average Bonchev–Trinajstić information content (AvgIpc) is 3.16. The first-order valence-corrected chi connectivity index (χ1v) is 15.4. The molecule has 14 heteroatoms. The van der Waals surface area contributed by atoms with E-state index in [4.69, 9.17) is 20.9 Å². The van der Waals surface area contributed by atoms with Gasteiger partial charge in [0.2, 0.25) is 23.3 Å². The number of nitrogens with zero attached hydrogens (tertiary/aromatic N) is 6. The van der Waals surface area contributed by atoms with Crippen molar-refractivity contribution in [2.45, 2.75) is 26.3 Å². The molecule has 4 aromatic carbocycles. The molecule has 0 atom stereocenters. The van der Waals surface area contributed by atoms with Crippen LogP contribution in [0.15, 0.2) is 132 Å². The van der Waals surface area contributed by atoms with Crippen LogP contribution in [0.25, 0.3) is 0 Å². The van der Waals surface area contributed by atoms with E-state index < -0.39 is 0 Å². The van der Waals surface area contributed by atoms with Crippen molar-refractivity contribution in [1.29, 1.82) is 0 Å². The van der Waals surface area contributed by atoms with Gasteiger partial charge in [-0.25, -0.2) is 0 Å². The molecular formula is C36H34N10O4. The zero-order chi connectivity index (χ0) is 35.0. The number of nitroso groups, excluding NO2 is 2. The normalized spacial score (nSPS) is 10.2. The fourth-order valence-corrected chi connectivity index (χ4v) is 4.53. The van der Waals surface area contributed by atoms with Gasteiger partial charge >= 0.3 is 0 Å². The molecule has 0 bridgehead atoms. The monoisotopic (exact) mass is 670 g/mol. The quantitative estimate of drug-likeness (QED) is 0.0843. The third-order valence-corrected chi connectivity index (χ3v) is 6.96. The summed E-state index contributed by atoms with van der Waals surface area (Å²) in [6.07, 6.45) is 0. The molecule has 0 radical (unpaired) electrons. The number of nitrogens with one attached hydrogen (secondary N) is 2. The molecule has 2 heterocycles. The van der Waals surface area contributed by atoms with Crippen molar-refractivity contribution in [3.8, 4) is 11.8 Å². The van der Waals surface area contributed by atoms with E-state index in [1.807, 2.05) is 121 Å². The predicted molar refractivity (Wildman–Crippen MR) is 193 cm³/mol. The molecular weight excluding hydrogens is 636 g/mol. The molecule has 0 aliphatic heterocycles. The van der Waals surface area contributed by atoms with Crippen LogP contribution in [0.3, 0.4) is 0 Å². The second-order valence-electron chi connectivity index (χ2n) is 10.6. The van der Waals surface area contributed by atoms with Crippen LogP contribution in [0.1, 0.15) is 22.3 Å². The molecule has 0 fully saturated rings. The summed E-state index contributed by atoms with van der Waals surface area (Å²) >= 11 is 0. The van der Waals surface area contributed by atoms with Crippen LogP contribution in [0.2, 0.25) is 0 Å². The van der Waals surface area contributed by atoms with Gasteiger partial charge in [-0.05, 0) is 32.6 Å². The Kier molecular flexibility index (Phi) is 12.3. The number of nitrogens with two attached hydrogens (primary N) is 2. The smallest absolute Gasteiger partial charge is 0.251 e. The molecule has 50 heavy (non-hydrogen) atoms. The molecule has 0 aliphatic carbocycles. The van der Waals surface area contributed by atoms with E-state index >= 15 is 0 Å². The summed E-state index contributed by atoms with van der Waals surface area (Å²) in [7, 11) is 0. The predicted octanol–water partition coefficient (Wildman–Crippen LogP) is 7.30. The van der Waals surface area contributed by atoms with Gasteiger partial charge in [0.25, 0.3) is 11.8 Å². The Balaban J connectivity index is 0.000000194. The van der Waals surface area contributed by atoms with Crippen molar-refractivity contribution in [3.63, 3.8) is 0 Å². The fourth-order valence-electron chi connectivity index (χ4n) is 4.53. The van der Waals surface area contributed by atoms with E-state index in [0.717, 1.165) is 22.3 Å². The van der Waals surface area contributed by atoms with Crippen LogP contribution in [0.4, 0.5) is 34.9 Å². The van der Waals surface area contributed by atoms with Crippen LogP contribution in [0.5, 0.6) is 11.8 Å². The zero-order valence-electron chi connectivity index (χ0n) is 26.8. The van der Waals surface area contributed by atoms with Gasteiger partial charge in [0.1, 0.15) is 13.2 Å². The SMILES string of the molecule is Nc1nc(NCc2ccccc2)c(N=O)c(OCc2ccccc2)n1.Nc1nc(NCc2ccccc2)c(N=O)c(OCc2ccccc2)n1. The zero-order valence-corrected chi connectivity index (χ0v) is 26.8. The fraction of sp³-hybridized carbons (Fsp3) is 0.111. The van der Waals surface area contributed by atoms with Gasteiger partial charge in [-0.1, -0.05) is 121 Å². The molecule has 0 saturated carbocycles. The van der Waals surface area contributed by atoms with E-state index in [2.05, 4.69) is 40.9 Å². The highest BCUT2D eigenvalue weighted by Crippen LogP contribution is 2.35. The van der Waals surface area contributed by atoms with Gasteiger partial charge in [0, 0.05) is 13.1 Å². The summed E-state index contributed by atoms with van der Waals surface area (Å²) < 4.78 is 11.2. The van der Waals surface area contributed by atoms with Crippen LogP contribution < -0.4 is 31.6 Å². The highest BCUT2D eigenvalue weighted by atomic mass is 16.5. The lowest BCUT2D eigenvalue weighted by Crippen LogP contribution is -2.07. The number of anilines is 4. The lowest BCUT2D eigenvalue weighted by molar-refractivity contribution is 0.295. The summed E-state index contributed by atoms with van der Waals surface area (Å²) in [6.45, 7) is 1.44. The van der Waals surface area contributed by atoms with Gasteiger partial charge in [-0.2, -0.15) is 19.9 Å². The first kappa shape index (κ1) is 34.4. The highest BCUT2D eigenvalue weighted by Gasteiger charge is 2.17. The number of benzene rings is 4. The van der Waals surface area contributed by atoms with E-state index in [9.17, 15) is 9.81 Å². The second kappa shape index (κ2) is 17.8. The summed E-state index contributed by atoms with van der Waals surface area (Å²) in [5.74, 6) is 0.615. The average molecular weight is 671 g/mol. The number of rotatable bonds is 14. The summed E-state index contributed by atoms with van der Waals surface area (Å²) in [5.41, 5.74) is 15.4. The number of nitrogen functional groups attached to an aromatic ring is 2. The van der Waals surface area contributed by atoms with Crippen LogP contribution >= 0.6 is 0 Å². The second-order valence-corrected chi connectivity index (χ2v) is 10.6. The number of aromatic nitrogens is 4. The molecule has 0 saturated heterocycles. The molecule has 0 unspecified atom stereocenters. The van der Waals surface area contributed by atoms with Gasteiger partial charge in [-0.3, -0.25) is 0 Å². The van der Waals surface area contributed by atoms with Crippen molar-refractivity contribution in [1.82, 2.24) is 19.9 Å². The molecule has 0 spiro atoms. The Hall–Kier alpha value is -6.96. The van der Waals surface area contributed by atoms with Crippen LogP contribution in [-0.2, 0) is 26.3 Å². The minimum atomic E-state index is 0.000984. The van der Waals surface area contributed by atoms with Crippen molar-refractivity contribution in [2.75, 3.05) is 22.1 Å². The first-order valence-electron chi connectivity index (χ1n) is 15.4. The molecule has 0 aliphatic rings. The Labute approximate surface area is 287 Å². The summed E-state index contributed by atoms with van der Waals surface area (Å²) in [5, 5.41) is 12.1. The number of hydrogen-bond donors (Lipinski definition) is 4. The molecule has 6 rings (SSSR count). The maximum atomic E-state index is 11.3. The molecule has 252 valence electrons. The van der Waals surface area contributed by atoms with Crippen molar-refractivity contribution in [3.05, 3.63) is 153 Å². The Morgan fingerprint density at radius 2 is 0.800 bits per heavy atom. The van der Waals surface area contributed by atoms with E-state index in [-0.39, 0.29) is 59.9 Å². The largest absolute Gasteiger partial charge is 0.471 e. The molecule has 2 aromatic heterocycles. The van der Waals surface area contributed by atoms with Crippen molar-refractivity contribution < 1.29 is 9.47 Å². The Bertz CT molecular complexity index is 1700. The molecule has 0 amide bonds. The van der Waals surface area contributed by atoms with Gasteiger partial charge in [0.05, 0.1) is 0 Å².